The molecular formula is C21H19F3N2O4. The molecule has 0 aliphatic carbocycles. The van der Waals surface area contributed by atoms with Crippen LogP contribution in [0, 0.1) is 0 Å². The average molecular weight is 420 g/mol. The number of likely N-dealkylation sites (tertiary alicyclic amines) is 1. The molecule has 158 valence electrons. The van der Waals surface area contributed by atoms with Gasteiger partial charge < -0.3 is 14.4 Å². The molecule has 2 aliphatic rings. The second kappa shape index (κ2) is 7.89. The number of carbonyl (C=O) groups is 2. The first kappa shape index (κ1) is 20.1. The molecule has 2 aliphatic heterocycles. The summed E-state index contributed by atoms with van der Waals surface area (Å²) in [5, 5.41) is 0. The fourth-order valence-corrected chi connectivity index (χ4v) is 3.88. The Morgan fingerprint density at radius 1 is 1.03 bits per heavy atom. The van der Waals surface area contributed by atoms with Crippen LogP contribution in [0.15, 0.2) is 48.5 Å². The van der Waals surface area contributed by atoms with E-state index in [-0.39, 0.29) is 18.2 Å². The molecule has 0 N–H and O–H groups in total. The summed E-state index contributed by atoms with van der Waals surface area (Å²) in [5.74, 6) is -1.06. The van der Waals surface area contributed by atoms with E-state index < -0.39 is 24.1 Å². The van der Waals surface area contributed by atoms with Crippen molar-refractivity contribution in [2.75, 3.05) is 18.0 Å². The summed E-state index contributed by atoms with van der Waals surface area (Å²) in [4.78, 5) is 28.3. The topological polar surface area (TPSA) is 59.1 Å². The molecule has 2 aromatic rings. The maximum absolute atomic E-state index is 12.8. The Bertz CT molecular complexity index is 955. The van der Waals surface area contributed by atoms with E-state index in [2.05, 4.69) is 4.74 Å². The third-order valence-corrected chi connectivity index (χ3v) is 5.26. The molecule has 6 nitrogen and oxygen atoms in total. The van der Waals surface area contributed by atoms with Crippen LogP contribution < -0.4 is 9.64 Å². The molecule has 0 saturated carbocycles. The Balaban J connectivity index is 1.47. The van der Waals surface area contributed by atoms with Crippen molar-refractivity contribution in [2.24, 2.45) is 0 Å². The lowest BCUT2D eigenvalue weighted by Gasteiger charge is -2.40. The van der Waals surface area contributed by atoms with E-state index in [0.29, 0.717) is 25.9 Å². The highest BCUT2D eigenvalue weighted by Gasteiger charge is 2.37. The zero-order chi connectivity index (χ0) is 21.3. The van der Waals surface area contributed by atoms with E-state index >= 15 is 0 Å². The predicted octanol–water partition coefficient (Wildman–Crippen LogP) is 4.35. The molecule has 0 atom stereocenters. The Kier molecular flexibility index (Phi) is 5.27. The number of halogens is 3. The number of cyclic esters (lactones) is 1. The lowest BCUT2D eigenvalue weighted by Crippen LogP contribution is -2.50. The Morgan fingerprint density at radius 2 is 1.70 bits per heavy atom. The third-order valence-electron chi connectivity index (χ3n) is 5.26. The molecule has 0 bridgehead atoms. The minimum atomic E-state index is -4.88. The van der Waals surface area contributed by atoms with Crippen LogP contribution in [0.5, 0.6) is 5.75 Å². The number of benzene rings is 2. The first-order valence-corrected chi connectivity index (χ1v) is 9.51. The Hall–Kier alpha value is -3.23. The second-order valence-corrected chi connectivity index (χ2v) is 7.12. The molecule has 1 saturated heterocycles. The second-order valence-electron chi connectivity index (χ2n) is 7.12. The summed E-state index contributed by atoms with van der Waals surface area (Å²) in [6.45, 7) is 0.824. The SMILES string of the molecule is O=C(c1ccccc1OC(F)(F)F)N1CCC(N2C(=O)OCc3ccccc32)CC1. The molecule has 30 heavy (non-hydrogen) atoms. The molecule has 0 spiro atoms. The molecule has 0 unspecified atom stereocenters. The van der Waals surface area contributed by atoms with Gasteiger partial charge in [-0.2, -0.15) is 0 Å². The number of rotatable bonds is 3. The van der Waals surface area contributed by atoms with Crippen LogP contribution in [-0.2, 0) is 11.3 Å². The van der Waals surface area contributed by atoms with Crippen molar-refractivity contribution in [3.63, 3.8) is 0 Å². The zero-order valence-electron chi connectivity index (χ0n) is 15.9. The summed E-state index contributed by atoms with van der Waals surface area (Å²) >= 11 is 0. The third kappa shape index (κ3) is 4.05. The van der Waals surface area contributed by atoms with Crippen molar-refractivity contribution >= 4 is 17.7 Å². The smallest absolute Gasteiger partial charge is 0.444 e. The van der Waals surface area contributed by atoms with Crippen LogP contribution in [-0.4, -0.2) is 42.4 Å². The number of hydrogen-bond donors (Lipinski definition) is 0. The fraction of sp³-hybridized carbons (Fsp3) is 0.333. The Labute approximate surface area is 170 Å². The molecule has 2 amide bonds. The van der Waals surface area contributed by atoms with Gasteiger partial charge in [-0.05, 0) is 31.0 Å². The average Bonchev–Trinajstić information content (AvgIpc) is 2.73. The predicted molar refractivity (Wildman–Crippen MR) is 101 cm³/mol. The quantitative estimate of drug-likeness (QED) is 0.741. The van der Waals surface area contributed by atoms with Gasteiger partial charge in [-0.25, -0.2) is 4.79 Å². The number of hydrogen-bond acceptors (Lipinski definition) is 4. The zero-order valence-corrected chi connectivity index (χ0v) is 15.9. The van der Waals surface area contributed by atoms with E-state index in [1.54, 1.807) is 4.90 Å². The van der Waals surface area contributed by atoms with Gasteiger partial charge in [0.15, 0.2) is 0 Å². The van der Waals surface area contributed by atoms with Gasteiger partial charge in [0, 0.05) is 24.7 Å². The van der Waals surface area contributed by atoms with Crippen LogP contribution >= 0.6 is 0 Å². The molecule has 9 heteroatoms. The van der Waals surface area contributed by atoms with E-state index in [1.165, 1.54) is 23.1 Å². The number of alkyl halides is 3. The van der Waals surface area contributed by atoms with Crippen molar-refractivity contribution in [3.05, 3.63) is 59.7 Å². The van der Waals surface area contributed by atoms with Gasteiger partial charge >= 0.3 is 12.5 Å². The molecule has 1 fully saturated rings. The molecule has 0 aromatic heterocycles. The highest BCUT2D eigenvalue weighted by molar-refractivity contribution is 5.97. The van der Waals surface area contributed by atoms with Crippen molar-refractivity contribution < 1.29 is 32.2 Å². The van der Waals surface area contributed by atoms with Crippen LogP contribution in [0.2, 0.25) is 0 Å². The highest BCUT2D eigenvalue weighted by atomic mass is 19.4. The van der Waals surface area contributed by atoms with E-state index in [1.807, 2.05) is 24.3 Å². The van der Waals surface area contributed by atoms with Gasteiger partial charge in [0.2, 0.25) is 0 Å². The summed E-state index contributed by atoms with van der Waals surface area (Å²) in [6, 6.07) is 12.6. The number of para-hydroxylation sites is 2. The van der Waals surface area contributed by atoms with Gasteiger partial charge in [-0.15, -0.1) is 13.2 Å². The summed E-state index contributed by atoms with van der Waals surface area (Å²) in [7, 11) is 0. The maximum atomic E-state index is 12.8. The number of ether oxygens (including phenoxy) is 2. The lowest BCUT2D eigenvalue weighted by atomic mass is 10.00. The monoisotopic (exact) mass is 420 g/mol. The lowest BCUT2D eigenvalue weighted by molar-refractivity contribution is -0.274. The van der Waals surface area contributed by atoms with Crippen molar-refractivity contribution in [1.29, 1.82) is 0 Å². The van der Waals surface area contributed by atoms with Gasteiger partial charge in [0.1, 0.15) is 12.4 Å². The minimum Gasteiger partial charge on any atom is -0.444 e. The molecule has 2 heterocycles. The highest BCUT2D eigenvalue weighted by Crippen LogP contribution is 2.33. The normalized spacial score (nSPS) is 17.4. The van der Waals surface area contributed by atoms with Gasteiger partial charge in [0.25, 0.3) is 5.91 Å². The molecular weight excluding hydrogens is 401 g/mol. The largest absolute Gasteiger partial charge is 0.573 e. The van der Waals surface area contributed by atoms with Crippen LogP contribution in [0.3, 0.4) is 0 Å². The molecule has 2 aromatic carbocycles. The van der Waals surface area contributed by atoms with Crippen molar-refractivity contribution in [1.82, 2.24) is 4.90 Å². The van der Waals surface area contributed by atoms with Gasteiger partial charge in [-0.1, -0.05) is 30.3 Å². The van der Waals surface area contributed by atoms with Crippen molar-refractivity contribution in [2.45, 2.75) is 31.9 Å². The van der Waals surface area contributed by atoms with E-state index in [0.717, 1.165) is 17.3 Å². The summed E-state index contributed by atoms with van der Waals surface area (Å²) in [5.41, 5.74) is 1.56. The standard InChI is InChI=1S/C21H19F3N2O4/c22-21(23,24)30-18-8-4-2-6-16(18)19(27)25-11-9-15(10-12-25)26-17-7-3-1-5-14(17)13-29-20(26)28/h1-8,15H,9-13H2. The van der Waals surface area contributed by atoms with Gasteiger partial charge in [0.05, 0.1) is 11.3 Å². The number of carbonyl (C=O) groups excluding carboxylic acids is 2. The van der Waals surface area contributed by atoms with Crippen LogP contribution in [0.25, 0.3) is 0 Å². The first-order chi connectivity index (χ1) is 14.3. The number of fused-ring (bicyclic) bond motifs is 1. The van der Waals surface area contributed by atoms with Crippen molar-refractivity contribution in [3.8, 4) is 5.75 Å². The van der Waals surface area contributed by atoms with Crippen LogP contribution in [0.1, 0.15) is 28.8 Å². The molecule has 0 radical (unpaired) electrons. The summed E-state index contributed by atoms with van der Waals surface area (Å²) in [6.07, 6.45) is -4.34. The van der Waals surface area contributed by atoms with Gasteiger partial charge in [-0.3, -0.25) is 9.69 Å². The number of anilines is 1. The maximum Gasteiger partial charge on any atom is 0.573 e. The fourth-order valence-electron chi connectivity index (χ4n) is 3.88. The number of nitrogens with zero attached hydrogens (tertiary/aromatic N) is 2. The Morgan fingerprint density at radius 3 is 2.43 bits per heavy atom. The number of piperidine rings is 1. The number of amides is 2. The summed E-state index contributed by atoms with van der Waals surface area (Å²) < 4.78 is 47.2. The minimum absolute atomic E-state index is 0.143. The van der Waals surface area contributed by atoms with E-state index in [9.17, 15) is 22.8 Å². The van der Waals surface area contributed by atoms with Crippen LogP contribution in [0.4, 0.5) is 23.7 Å². The van der Waals surface area contributed by atoms with E-state index in [4.69, 9.17) is 4.74 Å². The molecule has 4 rings (SSSR count). The first-order valence-electron chi connectivity index (χ1n) is 9.51.